The van der Waals surface area contributed by atoms with Crippen LogP contribution in [0.1, 0.15) is 9.68 Å². The molecule has 41 heavy (non-hydrogen) atoms. The van der Waals surface area contributed by atoms with Gasteiger partial charge in [0.15, 0.2) is 0 Å². The quantitative estimate of drug-likeness (QED) is 0.219. The monoisotopic (exact) mass is 528 g/mol. The molecule has 0 bridgehead atoms. The van der Waals surface area contributed by atoms with Gasteiger partial charge >= 0.3 is 0 Å². The van der Waals surface area contributed by atoms with Crippen molar-refractivity contribution in [3.05, 3.63) is 133 Å². The topological polar surface area (TPSA) is 32.5 Å². The molecular weight excluding hydrogens is 501 g/mol. The summed E-state index contributed by atoms with van der Waals surface area (Å²) >= 11 is 0. The molecule has 5 heteroatoms. The van der Waals surface area contributed by atoms with Gasteiger partial charge in [0.2, 0.25) is 5.71 Å². The minimum Gasteiger partial charge on any atom is -0.438 e. The SMILES string of the molecule is [2H]C([2H])([2H])c1cnc2oc3cc4c(cc3c2c1)N(c1ccccc1)c1cccc2c1B4c1ccccc1N2c1ccccc1. The summed E-state index contributed by atoms with van der Waals surface area (Å²) in [6.07, 6.45) is 1.39. The van der Waals surface area contributed by atoms with Crippen LogP contribution in [0, 0.1) is 6.85 Å². The van der Waals surface area contributed by atoms with E-state index in [0.29, 0.717) is 16.7 Å². The number of anilines is 6. The number of hydrogen-bond acceptors (Lipinski definition) is 4. The third-order valence-corrected chi connectivity index (χ3v) is 8.38. The van der Waals surface area contributed by atoms with Gasteiger partial charge in [0.1, 0.15) is 5.58 Å². The van der Waals surface area contributed by atoms with Crippen LogP contribution in [-0.2, 0) is 0 Å². The van der Waals surface area contributed by atoms with Crippen LogP contribution in [0.15, 0.2) is 132 Å². The number of para-hydroxylation sites is 3. The molecule has 0 fully saturated rings. The lowest BCUT2D eigenvalue weighted by Crippen LogP contribution is -2.61. The Balaban J connectivity index is 1.38. The minimum absolute atomic E-state index is 0.0455. The smallest absolute Gasteiger partial charge is 0.252 e. The van der Waals surface area contributed by atoms with E-state index < -0.39 is 6.85 Å². The molecule has 192 valence electrons. The molecule has 0 radical (unpaired) electrons. The number of hydrogen-bond donors (Lipinski definition) is 0. The molecule has 0 spiro atoms. The number of furan rings is 1. The highest BCUT2D eigenvalue weighted by Gasteiger charge is 2.43. The van der Waals surface area contributed by atoms with Gasteiger partial charge in [0.25, 0.3) is 6.71 Å². The highest BCUT2D eigenvalue weighted by atomic mass is 16.3. The first-order valence-electron chi connectivity index (χ1n) is 15.3. The molecule has 0 N–H and O–H groups in total. The molecule has 2 aromatic heterocycles. The molecule has 4 heterocycles. The van der Waals surface area contributed by atoms with Gasteiger partial charge in [-0.05, 0) is 89.5 Å². The molecule has 0 atom stereocenters. The number of aromatic nitrogens is 1. The first kappa shape index (κ1) is 19.7. The van der Waals surface area contributed by atoms with Crippen LogP contribution in [0.3, 0.4) is 0 Å². The average molecular weight is 528 g/mol. The first-order valence-corrected chi connectivity index (χ1v) is 13.8. The molecule has 5 aromatic carbocycles. The Morgan fingerprint density at radius 1 is 0.634 bits per heavy atom. The second kappa shape index (κ2) is 8.36. The summed E-state index contributed by atoms with van der Waals surface area (Å²) in [5.74, 6) is 0. The van der Waals surface area contributed by atoms with Crippen molar-refractivity contribution in [2.75, 3.05) is 9.80 Å². The molecule has 7 aromatic rings. The third-order valence-electron chi connectivity index (χ3n) is 8.38. The van der Waals surface area contributed by atoms with Gasteiger partial charge in [-0.3, -0.25) is 0 Å². The number of aryl methyl sites for hydroxylation is 1. The average Bonchev–Trinajstić information content (AvgIpc) is 3.41. The Morgan fingerprint density at radius 3 is 2.02 bits per heavy atom. The highest BCUT2D eigenvalue weighted by Crippen LogP contribution is 2.44. The number of pyridine rings is 1. The maximum atomic E-state index is 7.96. The maximum Gasteiger partial charge on any atom is 0.252 e. The second-order valence-electron chi connectivity index (χ2n) is 10.6. The van der Waals surface area contributed by atoms with Crippen molar-refractivity contribution < 1.29 is 8.53 Å². The zero-order chi connectivity index (χ0) is 29.6. The van der Waals surface area contributed by atoms with Crippen LogP contribution in [0.25, 0.3) is 22.1 Å². The molecule has 4 nitrogen and oxygen atoms in total. The Labute approximate surface area is 242 Å². The largest absolute Gasteiger partial charge is 0.438 e. The standard InChI is InChI=1S/C36H24BN3O/c1-23-19-27-26-20-33-29(21-34(26)41-36(27)38-22-23)37-28-15-8-9-16-30(28)39(24-11-4-2-5-12-24)31-17-10-18-32(35(31)37)40(33)25-13-6-3-7-14-25/h2-22H,1H3/i1D3. The fourth-order valence-corrected chi connectivity index (χ4v) is 6.75. The molecule has 2 aliphatic heterocycles. The lowest BCUT2D eigenvalue weighted by atomic mass is 9.33. The van der Waals surface area contributed by atoms with Gasteiger partial charge in [-0.1, -0.05) is 60.7 Å². The van der Waals surface area contributed by atoms with E-state index in [4.69, 9.17) is 8.53 Å². The van der Waals surface area contributed by atoms with E-state index in [1.807, 2.05) is 12.1 Å². The van der Waals surface area contributed by atoms with Crippen LogP contribution in [0.4, 0.5) is 34.1 Å². The molecule has 0 amide bonds. The molecule has 2 aliphatic rings. The van der Waals surface area contributed by atoms with Gasteiger partial charge in [0, 0.05) is 55.2 Å². The van der Waals surface area contributed by atoms with Crippen molar-refractivity contribution in [3.63, 3.8) is 0 Å². The van der Waals surface area contributed by atoms with E-state index in [0.717, 1.165) is 45.0 Å². The number of rotatable bonds is 2. The van der Waals surface area contributed by atoms with E-state index in [-0.39, 0.29) is 12.3 Å². The van der Waals surface area contributed by atoms with Crippen LogP contribution >= 0.6 is 0 Å². The van der Waals surface area contributed by atoms with Gasteiger partial charge in [-0.25, -0.2) is 4.98 Å². The van der Waals surface area contributed by atoms with Crippen molar-refractivity contribution in [1.29, 1.82) is 0 Å². The zero-order valence-electron chi connectivity index (χ0n) is 25.0. The van der Waals surface area contributed by atoms with E-state index in [9.17, 15) is 0 Å². The first-order chi connectivity index (χ1) is 21.5. The van der Waals surface area contributed by atoms with E-state index in [1.165, 1.54) is 17.1 Å². The summed E-state index contributed by atoms with van der Waals surface area (Å²) in [6, 6.07) is 42.1. The lowest BCUT2D eigenvalue weighted by molar-refractivity contribution is 0.654. The molecule has 0 aliphatic carbocycles. The Kier molecular flexibility index (Phi) is 4.02. The normalized spacial score (nSPS) is 14.7. The zero-order valence-corrected chi connectivity index (χ0v) is 22.0. The third kappa shape index (κ3) is 3.14. The van der Waals surface area contributed by atoms with E-state index >= 15 is 0 Å². The predicted molar refractivity (Wildman–Crippen MR) is 170 cm³/mol. The van der Waals surface area contributed by atoms with Crippen molar-refractivity contribution in [1.82, 2.24) is 4.98 Å². The predicted octanol–water partition coefficient (Wildman–Crippen LogP) is 7.37. The van der Waals surface area contributed by atoms with E-state index in [2.05, 4.69) is 118 Å². The molecule has 0 saturated carbocycles. The van der Waals surface area contributed by atoms with Crippen LogP contribution in [0.2, 0.25) is 0 Å². The number of nitrogens with zero attached hydrogens (tertiary/aromatic N) is 3. The van der Waals surface area contributed by atoms with Crippen molar-refractivity contribution in [2.45, 2.75) is 6.85 Å². The molecule has 9 rings (SSSR count). The summed E-state index contributed by atoms with van der Waals surface area (Å²) in [5, 5.41) is 1.54. The highest BCUT2D eigenvalue weighted by molar-refractivity contribution is 7.00. The fourth-order valence-electron chi connectivity index (χ4n) is 6.75. The van der Waals surface area contributed by atoms with Crippen molar-refractivity contribution in [3.8, 4) is 0 Å². The molecule has 0 saturated heterocycles. The van der Waals surface area contributed by atoms with E-state index in [1.54, 1.807) is 6.07 Å². The van der Waals surface area contributed by atoms with Gasteiger partial charge < -0.3 is 14.2 Å². The van der Waals surface area contributed by atoms with Gasteiger partial charge in [0.05, 0.1) is 0 Å². The van der Waals surface area contributed by atoms with Crippen molar-refractivity contribution in [2.24, 2.45) is 0 Å². The summed E-state index contributed by atoms with van der Waals surface area (Å²) in [5.41, 5.74) is 11.4. The maximum absolute atomic E-state index is 7.96. The summed E-state index contributed by atoms with van der Waals surface area (Å²) in [7, 11) is 0. The fraction of sp³-hybridized carbons (Fsp3) is 0.0278. The van der Waals surface area contributed by atoms with Crippen LogP contribution < -0.4 is 26.2 Å². The van der Waals surface area contributed by atoms with Crippen LogP contribution in [0.5, 0.6) is 0 Å². The lowest BCUT2D eigenvalue weighted by Gasteiger charge is -2.44. The Bertz CT molecular complexity index is 2250. The Morgan fingerprint density at radius 2 is 1.29 bits per heavy atom. The molecular formula is C36H24BN3O. The summed E-state index contributed by atoms with van der Waals surface area (Å²) in [4.78, 5) is 9.11. The second-order valence-corrected chi connectivity index (χ2v) is 10.6. The Hall–Kier alpha value is -5.29. The summed E-state index contributed by atoms with van der Waals surface area (Å²) < 4.78 is 30.2. The minimum atomic E-state index is -2.26. The number of fused-ring (bicyclic) bond motifs is 7. The number of benzene rings is 5. The van der Waals surface area contributed by atoms with Crippen LogP contribution in [-0.4, -0.2) is 11.7 Å². The van der Waals surface area contributed by atoms with Gasteiger partial charge in [-0.15, -0.1) is 0 Å². The summed E-state index contributed by atoms with van der Waals surface area (Å²) in [6.45, 7) is -2.31. The van der Waals surface area contributed by atoms with Gasteiger partial charge in [-0.2, -0.15) is 0 Å². The van der Waals surface area contributed by atoms with Crippen molar-refractivity contribution >= 4 is 79.3 Å². The molecule has 0 unspecified atom stereocenters.